The summed E-state index contributed by atoms with van der Waals surface area (Å²) in [7, 11) is 3.19. The third-order valence-corrected chi connectivity index (χ3v) is 7.63. The Morgan fingerprint density at radius 2 is 1.34 bits per heavy atom. The van der Waals surface area contributed by atoms with E-state index in [1.807, 2.05) is 51.1 Å². The van der Waals surface area contributed by atoms with E-state index in [1.54, 1.807) is 45.1 Å². The molecule has 14 heteroatoms. The zero-order valence-electron chi connectivity index (χ0n) is 27.7. The zero-order valence-corrected chi connectivity index (χ0v) is 27.7. The van der Waals surface area contributed by atoms with E-state index < -0.39 is 11.7 Å². The summed E-state index contributed by atoms with van der Waals surface area (Å²) in [4.78, 5) is 24.8. The first-order valence-electron chi connectivity index (χ1n) is 15.8. The standard InChI is InChI=1S/C19H26N4O4.C14H18N4O2/c1-19(2,3)27-18(24)23-12-9-16(21-23)22-10-7-14(8-11-22)26-15-5-6-17(25-4)20-13-15;1-19-14-3-2-12(10-15-14)20-11-5-8-18(9-6-11)13-4-7-16-17-13/h5-6,9,12-14H,7-8,10-11H2,1-4H3;2-4,7,10-11H,5-6,8-9H2,1H3,(H,16,17). The van der Waals surface area contributed by atoms with Crippen molar-refractivity contribution in [3.05, 3.63) is 61.2 Å². The topological polar surface area (TPSA) is 142 Å². The van der Waals surface area contributed by atoms with Crippen LogP contribution >= 0.6 is 0 Å². The molecule has 0 radical (unpaired) electrons. The van der Waals surface area contributed by atoms with Crippen molar-refractivity contribution in [2.75, 3.05) is 50.2 Å². The van der Waals surface area contributed by atoms with Crippen LogP contribution in [0.4, 0.5) is 16.4 Å². The van der Waals surface area contributed by atoms with Crippen LogP contribution in [-0.2, 0) is 4.74 Å². The number of pyridine rings is 2. The molecule has 47 heavy (non-hydrogen) atoms. The van der Waals surface area contributed by atoms with Gasteiger partial charge in [0.1, 0.15) is 35.1 Å². The van der Waals surface area contributed by atoms with Crippen LogP contribution in [0.3, 0.4) is 0 Å². The molecule has 2 fully saturated rings. The van der Waals surface area contributed by atoms with Crippen molar-refractivity contribution >= 4 is 17.7 Å². The highest BCUT2D eigenvalue weighted by atomic mass is 16.6. The lowest BCUT2D eigenvalue weighted by atomic mass is 10.1. The monoisotopic (exact) mass is 648 g/mol. The third-order valence-electron chi connectivity index (χ3n) is 7.63. The number of piperidine rings is 2. The summed E-state index contributed by atoms with van der Waals surface area (Å²) < 4.78 is 28.6. The fourth-order valence-electron chi connectivity index (χ4n) is 5.23. The minimum Gasteiger partial charge on any atom is -0.489 e. The Morgan fingerprint density at radius 3 is 1.79 bits per heavy atom. The highest BCUT2D eigenvalue weighted by Gasteiger charge is 2.24. The highest BCUT2D eigenvalue weighted by molar-refractivity contribution is 5.70. The molecule has 0 bridgehead atoms. The zero-order chi connectivity index (χ0) is 33.2. The van der Waals surface area contributed by atoms with Crippen LogP contribution in [-0.4, -0.2) is 94.2 Å². The first-order chi connectivity index (χ1) is 22.7. The maximum absolute atomic E-state index is 12.1. The Balaban J connectivity index is 0.000000193. The predicted octanol–water partition coefficient (Wildman–Crippen LogP) is 4.98. The molecule has 4 aromatic rings. The lowest BCUT2D eigenvalue weighted by molar-refractivity contribution is 0.0514. The summed E-state index contributed by atoms with van der Waals surface area (Å²) >= 11 is 0. The Kier molecular flexibility index (Phi) is 11.0. The normalized spacial score (nSPS) is 15.8. The van der Waals surface area contributed by atoms with Crippen LogP contribution < -0.4 is 28.7 Å². The van der Waals surface area contributed by atoms with Crippen LogP contribution in [0, 0.1) is 0 Å². The minimum absolute atomic E-state index is 0.129. The van der Waals surface area contributed by atoms with Crippen molar-refractivity contribution in [2.45, 2.75) is 64.3 Å². The van der Waals surface area contributed by atoms with E-state index in [9.17, 15) is 4.79 Å². The van der Waals surface area contributed by atoms with Gasteiger partial charge in [0.05, 0.1) is 32.8 Å². The number of hydrogen-bond donors (Lipinski definition) is 1. The fourth-order valence-corrected chi connectivity index (χ4v) is 5.23. The molecule has 2 aliphatic rings. The van der Waals surface area contributed by atoms with E-state index in [0.29, 0.717) is 11.8 Å². The molecule has 6 rings (SSSR count). The molecule has 0 spiro atoms. The van der Waals surface area contributed by atoms with Gasteiger partial charge in [0, 0.05) is 82.3 Å². The molecule has 6 heterocycles. The number of aromatic nitrogens is 6. The minimum atomic E-state index is -0.546. The van der Waals surface area contributed by atoms with Gasteiger partial charge < -0.3 is 33.5 Å². The number of ether oxygens (including phenoxy) is 5. The number of hydrogen-bond acceptors (Lipinski definition) is 12. The Morgan fingerprint density at radius 1 is 0.787 bits per heavy atom. The Hall–Kier alpha value is -5.01. The van der Waals surface area contributed by atoms with Crippen LogP contribution in [0.5, 0.6) is 23.3 Å². The van der Waals surface area contributed by atoms with Crippen molar-refractivity contribution in [1.82, 2.24) is 29.9 Å². The molecule has 0 amide bonds. The molecular formula is C33H44N8O6. The van der Waals surface area contributed by atoms with Gasteiger partial charge in [-0.05, 0) is 32.9 Å². The number of nitrogens with zero attached hydrogens (tertiary/aromatic N) is 7. The second kappa shape index (κ2) is 15.5. The second-order valence-corrected chi connectivity index (χ2v) is 12.2. The summed E-state index contributed by atoms with van der Waals surface area (Å²) in [6.45, 7) is 9.04. The van der Waals surface area contributed by atoms with Gasteiger partial charge in [0.15, 0.2) is 5.82 Å². The maximum atomic E-state index is 12.1. The fraction of sp³-hybridized carbons (Fsp3) is 0.485. The van der Waals surface area contributed by atoms with Crippen molar-refractivity contribution in [1.29, 1.82) is 0 Å². The number of H-pyrrole nitrogens is 1. The lowest BCUT2D eigenvalue weighted by Crippen LogP contribution is -2.38. The average Bonchev–Trinajstić information content (AvgIpc) is 3.80. The molecule has 0 aromatic carbocycles. The highest BCUT2D eigenvalue weighted by Crippen LogP contribution is 2.24. The molecular weight excluding hydrogens is 604 g/mol. The quantitative estimate of drug-likeness (QED) is 0.275. The molecule has 4 aromatic heterocycles. The summed E-state index contributed by atoms with van der Waals surface area (Å²) in [6, 6.07) is 11.2. The Labute approximate surface area is 274 Å². The summed E-state index contributed by atoms with van der Waals surface area (Å²) in [5.74, 6) is 4.55. The average molecular weight is 649 g/mol. The first kappa shape index (κ1) is 33.4. The summed E-state index contributed by atoms with van der Waals surface area (Å²) in [5, 5.41) is 11.3. The summed E-state index contributed by atoms with van der Waals surface area (Å²) in [5.41, 5.74) is -0.546. The van der Waals surface area contributed by atoms with Crippen LogP contribution in [0.2, 0.25) is 0 Å². The van der Waals surface area contributed by atoms with Gasteiger partial charge in [-0.1, -0.05) is 0 Å². The van der Waals surface area contributed by atoms with Gasteiger partial charge in [-0.25, -0.2) is 14.8 Å². The number of anilines is 2. The number of nitrogens with one attached hydrogen (secondary N) is 1. The molecule has 14 nitrogen and oxygen atoms in total. The van der Waals surface area contributed by atoms with E-state index in [1.165, 1.54) is 4.68 Å². The second-order valence-electron chi connectivity index (χ2n) is 12.2. The number of carbonyl (C=O) groups is 1. The summed E-state index contributed by atoms with van der Waals surface area (Å²) in [6.07, 6.45) is 10.4. The third kappa shape index (κ3) is 9.74. The lowest BCUT2D eigenvalue weighted by Gasteiger charge is -2.32. The number of aromatic amines is 1. The van der Waals surface area contributed by atoms with E-state index in [4.69, 9.17) is 23.7 Å². The predicted molar refractivity (Wildman–Crippen MR) is 176 cm³/mol. The van der Waals surface area contributed by atoms with Gasteiger partial charge in [0.25, 0.3) is 0 Å². The maximum Gasteiger partial charge on any atom is 0.435 e. The molecule has 0 unspecified atom stereocenters. The van der Waals surface area contributed by atoms with E-state index >= 15 is 0 Å². The SMILES string of the molecule is COc1ccc(OC2CCN(c3ccn(C(=O)OC(C)(C)C)n3)CC2)cn1.COc1ccc(OC2CCN(c3ccn[nH]3)CC2)cn1. The van der Waals surface area contributed by atoms with Gasteiger partial charge in [0.2, 0.25) is 11.8 Å². The molecule has 0 atom stereocenters. The number of rotatable bonds is 8. The van der Waals surface area contributed by atoms with Crippen molar-refractivity contribution < 1.29 is 28.5 Å². The smallest absolute Gasteiger partial charge is 0.435 e. The number of methoxy groups -OCH3 is 2. The van der Waals surface area contributed by atoms with E-state index in [0.717, 1.165) is 75.0 Å². The van der Waals surface area contributed by atoms with Gasteiger partial charge in [-0.3, -0.25) is 5.10 Å². The van der Waals surface area contributed by atoms with Gasteiger partial charge >= 0.3 is 6.09 Å². The van der Waals surface area contributed by atoms with Crippen LogP contribution in [0.1, 0.15) is 46.5 Å². The van der Waals surface area contributed by atoms with Crippen molar-refractivity contribution in [2.24, 2.45) is 0 Å². The molecule has 0 aliphatic carbocycles. The molecule has 2 saturated heterocycles. The van der Waals surface area contributed by atoms with E-state index in [-0.39, 0.29) is 12.2 Å². The van der Waals surface area contributed by atoms with Gasteiger partial charge in [-0.15, -0.1) is 5.10 Å². The van der Waals surface area contributed by atoms with Crippen LogP contribution in [0.25, 0.3) is 0 Å². The largest absolute Gasteiger partial charge is 0.489 e. The molecule has 0 saturated carbocycles. The van der Waals surface area contributed by atoms with Crippen molar-refractivity contribution in [3.8, 4) is 23.3 Å². The number of carbonyl (C=O) groups excluding carboxylic acids is 1. The van der Waals surface area contributed by atoms with Gasteiger partial charge in [-0.2, -0.15) is 9.78 Å². The van der Waals surface area contributed by atoms with Crippen LogP contribution in [0.15, 0.2) is 61.2 Å². The van der Waals surface area contributed by atoms with Crippen molar-refractivity contribution in [3.63, 3.8) is 0 Å². The molecule has 1 N–H and O–H groups in total. The van der Waals surface area contributed by atoms with E-state index in [2.05, 4.69) is 35.1 Å². The first-order valence-corrected chi connectivity index (χ1v) is 15.8. The molecule has 252 valence electrons. The molecule has 2 aliphatic heterocycles. The Bertz CT molecular complexity index is 1510.